The lowest BCUT2D eigenvalue weighted by Gasteiger charge is -2.26. The second-order valence-electron chi connectivity index (χ2n) is 6.58. The first-order valence-electron chi connectivity index (χ1n) is 9.07. The molecule has 6 nitrogen and oxygen atoms in total. The summed E-state index contributed by atoms with van der Waals surface area (Å²) in [5.41, 5.74) is 0.908. The van der Waals surface area contributed by atoms with Gasteiger partial charge in [0.25, 0.3) is 0 Å². The number of hydrogen-bond donors (Lipinski definition) is 1. The molecule has 29 heavy (non-hydrogen) atoms. The van der Waals surface area contributed by atoms with E-state index in [9.17, 15) is 21.6 Å². The third-order valence-electron chi connectivity index (χ3n) is 4.29. The van der Waals surface area contributed by atoms with Gasteiger partial charge in [-0.15, -0.1) is 13.2 Å². The van der Waals surface area contributed by atoms with Crippen molar-refractivity contribution >= 4 is 15.9 Å². The van der Waals surface area contributed by atoms with Crippen molar-refractivity contribution in [2.45, 2.75) is 32.2 Å². The Morgan fingerprint density at radius 3 is 2.31 bits per heavy atom. The minimum absolute atomic E-state index is 0.0356. The third-order valence-corrected chi connectivity index (χ3v) is 5.83. The van der Waals surface area contributed by atoms with Crippen molar-refractivity contribution in [2.24, 2.45) is 0 Å². The maximum Gasteiger partial charge on any atom is 0.573 e. The smallest absolute Gasteiger partial charge is 0.489 e. The van der Waals surface area contributed by atoms with Gasteiger partial charge in [0, 0.05) is 13.1 Å². The van der Waals surface area contributed by atoms with Gasteiger partial charge in [-0.1, -0.05) is 18.6 Å². The molecule has 0 amide bonds. The van der Waals surface area contributed by atoms with Gasteiger partial charge >= 0.3 is 16.6 Å². The fraction of sp³-hybridized carbons (Fsp3) is 0.368. The Morgan fingerprint density at radius 1 is 0.966 bits per heavy atom. The Bertz CT molecular complexity index is 912. The summed E-state index contributed by atoms with van der Waals surface area (Å²) in [6, 6.07) is 11.8. The zero-order valence-electron chi connectivity index (χ0n) is 15.5. The van der Waals surface area contributed by atoms with Gasteiger partial charge in [-0.2, -0.15) is 12.7 Å². The van der Waals surface area contributed by atoms with Crippen LogP contribution >= 0.6 is 0 Å². The van der Waals surface area contributed by atoms with Crippen LogP contribution < -0.4 is 14.2 Å². The van der Waals surface area contributed by atoms with Crippen molar-refractivity contribution in [3.8, 4) is 11.5 Å². The molecule has 3 rings (SSSR count). The number of nitrogens with one attached hydrogen (secondary N) is 1. The lowest BCUT2D eigenvalue weighted by Crippen LogP contribution is -2.39. The second-order valence-corrected chi connectivity index (χ2v) is 8.25. The van der Waals surface area contributed by atoms with E-state index in [2.05, 4.69) is 9.46 Å². The quantitative estimate of drug-likeness (QED) is 0.711. The van der Waals surface area contributed by atoms with Crippen molar-refractivity contribution < 1.29 is 31.1 Å². The van der Waals surface area contributed by atoms with Gasteiger partial charge < -0.3 is 9.47 Å². The van der Waals surface area contributed by atoms with E-state index in [4.69, 9.17) is 4.74 Å². The van der Waals surface area contributed by atoms with Crippen molar-refractivity contribution in [3.63, 3.8) is 0 Å². The number of piperidine rings is 1. The van der Waals surface area contributed by atoms with Crippen molar-refractivity contribution in [1.29, 1.82) is 0 Å². The molecule has 0 unspecified atom stereocenters. The number of ether oxygens (including phenoxy) is 2. The monoisotopic (exact) mass is 430 g/mol. The number of hydrogen-bond acceptors (Lipinski definition) is 4. The molecule has 1 heterocycles. The van der Waals surface area contributed by atoms with E-state index < -0.39 is 16.6 Å². The van der Waals surface area contributed by atoms with Crippen LogP contribution in [0.3, 0.4) is 0 Å². The zero-order chi connectivity index (χ0) is 20.9. The number of rotatable bonds is 7. The Labute approximate surface area is 167 Å². The molecule has 10 heteroatoms. The highest BCUT2D eigenvalue weighted by Crippen LogP contribution is 2.24. The van der Waals surface area contributed by atoms with Crippen LogP contribution in [0.4, 0.5) is 18.9 Å². The average molecular weight is 430 g/mol. The topological polar surface area (TPSA) is 67.9 Å². The fourth-order valence-electron chi connectivity index (χ4n) is 2.94. The molecule has 2 aromatic carbocycles. The second kappa shape index (κ2) is 8.91. The van der Waals surface area contributed by atoms with Crippen molar-refractivity contribution in [1.82, 2.24) is 4.31 Å². The average Bonchev–Trinajstić information content (AvgIpc) is 2.67. The van der Waals surface area contributed by atoms with Crippen LogP contribution in [0.15, 0.2) is 48.5 Å². The summed E-state index contributed by atoms with van der Waals surface area (Å²) in [4.78, 5) is 0. The van der Waals surface area contributed by atoms with Gasteiger partial charge in [-0.05, 0) is 54.8 Å². The van der Waals surface area contributed by atoms with Gasteiger partial charge in [0.15, 0.2) is 0 Å². The third kappa shape index (κ3) is 6.53. The molecule has 158 valence electrons. The molecule has 1 aliphatic rings. The predicted molar refractivity (Wildman–Crippen MR) is 102 cm³/mol. The van der Waals surface area contributed by atoms with Crippen LogP contribution in [0.1, 0.15) is 24.8 Å². The molecule has 0 aliphatic carbocycles. The SMILES string of the molecule is O=S(=O)(Nc1ccc(OCc2cccc(OC(F)(F)F)c2)cc1)N1CCCCC1. The highest BCUT2D eigenvalue weighted by molar-refractivity contribution is 7.90. The first-order valence-corrected chi connectivity index (χ1v) is 10.5. The molecular formula is C19H21F3N2O4S. The number of alkyl halides is 3. The number of benzene rings is 2. The normalized spacial score (nSPS) is 15.7. The molecule has 1 saturated heterocycles. The Kier molecular flexibility index (Phi) is 6.53. The van der Waals surface area contributed by atoms with Crippen LogP contribution in [-0.2, 0) is 16.8 Å². The standard InChI is InChI=1S/C19H21F3N2O4S/c20-19(21,22)28-18-6-4-5-15(13-18)14-27-17-9-7-16(8-10-17)23-29(25,26)24-11-2-1-3-12-24/h4-10,13,23H,1-3,11-12,14H2. The minimum Gasteiger partial charge on any atom is -0.489 e. The summed E-state index contributed by atoms with van der Waals surface area (Å²) >= 11 is 0. The number of nitrogens with zero attached hydrogens (tertiary/aromatic N) is 1. The molecule has 0 bridgehead atoms. The van der Waals surface area contributed by atoms with E-state index in [0.717, 1.165) is 19.3 Å². The Hall–Kier alpha value is -2.46. The molecular weight excluding hydrogens is 409 g/mol. The zero-order valence-corrected chi connectivity index (χ0v) is 16.3. The molecule has 0 spiro atoms. The number of anilines is 1. The maximum atomic E-state index is 12.4. The molecule has 1 aliphatic heterocycles. The Morgan fingerprint density at radius 2 is 1.66 bits per heavy atom. The highest BCUT2D eigenvalue weighted by atomic mass is 32.2. The van der Waals surface area contributed by atoms with Gasteiger partial charge in [0.2, 0.25) is 0 Å². The first kappa shape index (κ1) is 21.3. The summed E-state index contributed by atoms with van der Waals surface area (Å²) in [5, 5.41) is 0. The molecule has 0 atom stereocenters. The number of halogens is 3. The lowest BCUT2D eigenvalue weighted by atomic mass is 10.2. The highest BCUT2D eigenvalue weighted by Gasteiger charge is 2.31. The summed E-state index contributed by atoms with van der Waals surface area (Å²) < 4.78 is 75.0. The molecule has 0 aromatic heterocycles. The van der Waals surface area contributed by atoms with E-state index in [1.54, 1.807) is 30.3 Å². The fourth-order valence-corrected chi connectivity index (χ4v) is 4.24. The van der Waals surface area contributed by atoms with Crippen LogP contribution in [0.25, 0.3) is 0 Å². The van der Waals surface area contributed by atoms with Gasteiger partial charge in [0.05, 0.1) is 5.69 Å². The van der Waals surface area contributed by atoms with E-state index in [1.165, 1.54) is 22.5 Å². The lowest BCUT2D eigenvalue weighted by molar-refractivity contribution is -0.274. The van der Waals surface area contributed by atoms with E-state index in [1.807, 2.05) is 0 Å². The Balaban J connectivity index is 1.56. The van der Waals surface area contributed by atoms with Crippen molar-refractivity contribution in [2.75, 3.05) is 17.8 Å². The molecule has 1 fully saturated rings. The van der Waals surface area contributed by atoms with Crippen LogP contribution in [0, 0.1) is 0 Å². The summed E-state index contributed by atoms with van der Waals surface area (Å²) in [7, 11) is -3.59. The van der Waals surface area contributed by atoms with Gasteiger partial charge in [-0.3, -0.25) is 4.72 Å². The van der Waals surface area contributed by atoms with Crippen LogP contribution in [0.5, 0.6) is 11.5 Å². The van der Waals surface area contributed by atoms with Gasteiger partial charge in [0.1, 0.15) is 18.1 Å². The van der Waals surface area contributed by atoms with E-state index in [-0.39, 0.29) is 12.4 Å². The van der Waals surface area contributed by atoms with Crippen LogP contribution in [-0.4, -0.2) is 32.2 Å². The molecule has 0 saturated carbocycles. The van der Waals surface area contributed by atoms with Crippen LogP contribution in [0.2, 0.25) is 0 Å². The van der Waals surface area contributed by atoms with Crippen molar-refractivity contribution in [3.05, 3.63) is 54.1 Å². The predicted octanol–water partition coefficient (Wildman–Crippen LogP) is 4.31. The summed E-state index contributed by atoms with van der Waals surface area (Å²) in [5.74, 6) is 0.133. The molecule has 0 radical (unpaired) electrons. The summed E-state index contributed by atoms with van der Waals surface area (Å²) in [6.45, 7) is 1.05. The minimum atomic E-state index is -4.75. The summed E-state index contributed by atoms with van der Waals surface area (Å²) in [6.07, 6.45) is -2.02. The van der Waals surface area contributed by atoms with E-state index >= 15 is 0 Å². The molecule has 1 N–H and O–H groups in total. The van der Waals surface area contributed by atoms with E-state index in [0.29, 0.717) is 30.1 Å². The maximum absolute atomic E-state index is 12.4. The largest absolute Gasteiger partial charge is 0.573 e. The first-order chi connectivity index (χ1) is 13.7. The van der Waals surface area contributed by atoms with Gasteiger partial charge in [-0.25, -0.2) is 0 Å². The molecule has 2 aromatic rings.